The zero-order chi connectivity index (χ0) is 33.2. The summed E-state index contributed by atoms with van der Waals surface area (Å²) in [6, 6.07) is 4.54. The molecule has 1 aromatic carbocycles. The number of hydrogen-bond donors (Lipinski definition) is 6. The maximum Gasteiger partial charge on any atom is 0.260 e. The summed E-state index contributed by atoms with van der Waals surface area (Å²) in [5, 5.41) is 55.5. The number of fused-ring (bicyclic) bond motifs is 1. The molecular weight excluding hydrogens is 590 g/mol. The average Bonchev–Trinajstić information content (AvgIpc) is 3.24. The summed E-state index contributed by atoms with van der Waals surface area (Å²) in [6.07, 6.45) is 3.50. The maximum atomic E-state index is 12.9. The van der Waals surface area contributed by atoms with Crippen molar-refractivity contribution in [2.24, 2.45) is 47.3 Å². The molecule has 6 rings (SSSR count). The Morgan fingerprint density at radius 2 is 1.67 bits per heavy atom. The number of aliphatic hydroxyl groups excluding tert-OH is 3. The minimum absolute atomic E-state index is 0.0311. The molecule has 252 valence electrons. The number of hydrogen-bond acceptors (Lipinski definition) is 9. The molecule has 10 heteroatoms. The predicted octanol–water partition coefficient (Wildman–Crippen LogP) is 4.78. The normalized spacial score (nSPS) is 44.0. The van der Waals surface area contributed by atoms with E-state index in [-0.39, 0.29) is 64.8 Å². The van der Waals surface area contributed by atoms with Gasteiger partial charge < -0.3 is 40.3 Å². The van der Waals surface area contributed by atoms with Crippen LogP contribution in [0.25, 0.3) is 0 Å². The summed E-state index contributed by atoms with van der Waals surface area (Å²) in [6.45, 7) is 10.4. The largest absolute Gasteiger partial charge is 0.511 e. The Labute approximate surface area is 270 Å². The number of phenolic OH excluding ortho intramolecular Hbond substituents is 2. The van der Waals surface area contributed by atoms with Gasteiger partial charge in [-0.15, -0.1) is 0 Å². The number of ether oxygens (including phenoxy) is 2. The molecule has 46 heavy (non-hydrogen) atoms. The molecule has 0 aromatic heterocycles. The van der Waals surface area contributed by atoms with Crippen molar-refractivity contribution in [2.45, 2.75) is 103 Å². The zero-order valence-corrected chi connectivity index (χ0v) is 27.3. The lowest BCUT2D eigenvalue weighted by molar-refractivity contribution is -0.356. The van der Waals surface area contributed by atoms with E-state index in [9.17, 15) is 35.1 Å². The zero-order valence-electron chi connectivity index (χ0n) is 27.3. The second-order valence-corrected chi connectivity index (χ2v) is 14.9. The van der Waals surface area contributed by atoms with E-state index in [1.807, 2.05) is 13.8 Å². The molecular formula is C36H49NO9. The monoisotopic (exact) mass is 639 g/mol. The fourth-order valence-corrected chi connectivity index (χ4v) is 9.40. The van der Waals surface area contributed by atoms with Crippen LogP contribution in [0.1, 0.15) is 84.8 Å². The molecule has 3 aliphatic heterocycles. The van der Waals surface area contributed by atoms with Crippen molar-refractivity contribution in [2.75, 3.05) is 0 Å². The fourth-order valence-electron chi connectivity index (χ4n) is 9.40. The van der Waals surface area contributed by atoms with Gasteiger partial charge in [0.25, 0.3) is 5.91 Å². The van der Waals surface area contributed by atoms with E-state index in [1.54, 1.807) is 12.1 Å². The van der Waals surface area contributed by atoms with Crippen LogP contribution in [0.4, 0.5) is 0 Å². The van der Waals surface area contributed by atoms with E-state index in [0.717, 1.165) is 24.8 Å². The molecule has 0 radical (unpaired) electrons. The second kappa shape index (κ2) is 12.3. The van der Waals surface area contributed by atoms with Crippen molar-refractivity contribution in [1.29, 1.82) is 0 Å². The average molecular weight is 640 g/mol. The first-order valence-electron chi connectivity index (χ1n) is 16.9. The molecule has 1 amide bonds. The second-order valence-electron chi connectivity index (χ2n) is 14.9. The van der Waals surface area contributed by atoms with Crippen molar-refractivity contribution in [3.05, 3.63) is 46.7 Å². The summed E-state index contributed by atoms with van der Waals surface area (Å²) in [4.78, 5) is 25.7. The molecule has 5 aliphatic rings. The number of nitrogens with one attached hydrogen (secondary N) is 1. The van der Waals surface area contributed by atoms with Gasteiger partial charge in [-0.25, -0.2) is 0 Å². The van der Waals surface area contributed by atoms with Crippen molar-refractivity contribution in [1.82, 2.24) is 5.32 Å². The summed E-state index contributed by atoms with van der Waals surface area (Å²) in [5.74, 6) is -3.85. The molecule has 1 aromatic rings. The molecule has 6 N–H and O–H groups in total. The van der Waals surface area contributed by atoms with E-state index in [4.69, 9.17) is 9.47 Å². The number of phenols is 2. The predicted molar refractivity (Wildman–Crippen MR) is 168 cm³/mol. The quantitative estimate of drug-likeness (QED) is 0.118. The minimum Gasteiger partial charge on any atom is -0.511 e. The van der Waals surface area contributed by atoms with E-state index >= 15 is 0 Å². The number of carbonyl (C=O) groups excluding carboxylic acids is 2. The third kappa shape index (κ3) is 5.65. The van der Waals surface area contributed by atoms with E-state index < -0.39 is 47.4 Å². The first-order chi connectivity index (χ1) is 21.7. The Morgan fingerprint density at radius 3 is 2.33 bits per heavy atom. The fraction of sp³-hybridized carbons (Fsp3) is 0.667. The number of Topliss-reactive ketones (excluding diaryl/α,β-unsaturated/α-hetero) is 1. The molecule has 2 aliphatic carbocycles. The Hall–Kier alpha value is -2.92. The highest BCUT2D eigenvalue weighted by Crippen LogP contribution is 2.55. The van der Waals surface area contributed by atoms with E-state index in [1.165, 1.54) is 6.07 Å². The van der Waals surface area contributed by atoms with E-state index in [2.05, 4.69) is 32.2 Å². The standard InChI is InChI=1S/C36H49NO9/c1-16-8-9-36(46-33(16)22-12-23(38)14-24(39)13-22)19(4)10-18(3)27(45-36)15-25-17(2)11-21-6-7-26(40)20(5)28(21)29(25)31(41)30-32(42)35(44)37-34(30)43/h11-14,16,18-21,25-29,33,35,38-41,44H,6-10,15H2,1-5H3,(H,37,43)/b31-30-/t16-,18-,19-,20-,21-,25+,26+,27+,28-,29-,33-,35-,36+/m0/s1. The van der Waals surface area contributed by atoms with Gasteiger partial charge in [0.1, 0.15) is 22.8 Å². The molecule has 1 saturated carbocycles. The SMILES string of the molecule is CC1=C[C@@H]2CC[C@@H](O)[C@H](C)[C@@H]2[C@@H](/C(O)=C2/C(=O)N[C@@H](O)C2=O)[C@@H]1C[C@H]1O[C@@]2(CC[C@H](C)[C@@H](c3cc(O)cc(O)c3)O2)[C@@H](C)C[C@@H]1C. The smallest absolute Gasteiger partial charge is 0.260 e. The molecule has 3 saturated heterocycles. The molecule has 0 bridgehead atoms. The van der Waals surface area contributed by atoms with Crippen LogP contribution in [-0.4, -0.2) is 61.4 Å². The van der Waals surface area contributed by atoms with Gasteiger partial charge in [0.15, 0.2) is 12.0 Å². The number of rotatable bonds is 4. The third-order valence-corrected chi connectivity index (χ3v) is 12.0. The van der Waals surface area contributed by atoms with Gasteiger partial charge in [-0.05, 0) is 92.2 Å². The number of aliphatic hydroxyl groups is 3. The van der Waals surface area contributed by atoms with Crippen LogP contribution in [0.3, 0.4) is 0 Å². The highest BCUT2D eigenvalue weighted by atomic mass is 16.7. The summed E-state index contributed by atoms with van der Waals surface area (Å²) >= 11 is 0. The van der Waals surface area contributed by atoms with Crippen LogP contribution >= 0.6 is 0 Å². The van der Waals surface area contributed by atoms with Crippen LogP contribution in [0.5, 0.6) is 11.5 Å². The van der Waals surface area contributed by atoms with Crippen LogP contribution in [0.15, 0.2) is 41.2 Å². The highest BCUT2D eigenvalue weighted by Gasteiger charge is 2.54. The first kappa shape index (κ1) is 33.0. The van der Waals surface area contributed by atoms with Crippen molar-refractivity contribution in [3.8, 4) is 11.5 Å². The topological polar surface area (TPSA) is 166 Å². The molecule has 4 fully saturated rings. The van der Waals surface area contributed by atoms with Gasteiger partial charge in [0.2, 0.25) is 5.78 Å². The van der Waals surface area contributed by atoms with Crippen LogP contribution in [0, 0.1) is 47.3 Å². The van der Waals surface area contributed by atoms with Gasteiger partial charge >= 0.3 is 0 Å². The molecule has 13 atom stereocenters. The van der Waals surface area contributed by atoms with Crippen molar-refractivity contribution in [3.63, 3.8) is 0 Å². The lowest BCUT2D eigenvalue weighted by Gasteiger charge is -2.54. The van der Waals surface area contributed by atoms with Crippen LogP contribution < -0.4 is 5.32 Å². The van der Waals surface area contributed by atoms with E-state index in [0.29, 0.717) is 24.8 Å². The Bertz CT molecular complexity index is 1420. The number of amides is 1. The number of ketones is 1. The lowest BCUT2D eigenvalue weighted by atomic mass is 9.56. The lowest BCUT2D eigenvalue weighted by Crippen LogP contribution is -2.55. The minimum atomic E-state index is -1.69. The first-order valence-corrected chi connectivity index (χ1v) is 16.9. The number of carbonyl (C=O) groups is 2. The molecule has 1 spiro atoms. The van der Waals surface area contributed by atoms with Crippen LogP contribution in [0.2, 0.25) is 0 Å². The third-order valence-electron chi connectivity index (χ3n) is 12.0. The molecule has 3 heterocycles. The van der Waals surface area contributed by atoms with Gasteiger partial charge in [-0.3, -0.25) is 9.59 Å². The number of benzene rings is 1. The molecule has 0 unspecified atom stereocenters. The Morgan fingerprint density at radius 1 is 0.978 bits per heavy atom. The van der Waals surface area contributed by atoms with Crippen molar-refractivity contribution < 1.29 is 44.6 Å². The van der Waals surface area contributed by atoms with Crippen LogP contribution in [-0.2, 0) is 19.1 Å². The maximum absolute atomic E-state index is 12.9. The van der Waals surface area contributed by atoms with Gasteiger partial charge in [0, 0.05) is 24.3 Å². The molecule has 10 nitrogen and oxygen atoms in total. The number of aromatic hydroxyl groups is 2. The highest BCUT2D eigenvalue weighted by molar-refractivity contribution is 6.26. The van der Waals surface area contributed by atoms with Gasteiger partial charge in [-0.1, -0.05) is 39.3 Å². The summed E-state index contributed by atoms with van der Waals surface area (Å²) in [7, 11) is 0. The van der Waals surface area contributed by atoms with Gasteiger partial charge in [0.05, 0.1) is 18.3 Å². The van der Waals surface area contributed by atoms with Gasteiger partial charge in [-0.2, -0.15) is 0 Å². The number of allylic oxidation sites excluding steroid dienone is 3. The Kier molecular flexibility index (Phi) is 8.80. The Balaban J connectivity index is 1.35. The summed E-state index contributed by atoms with van der Waals surface area (Å²) < 4.78 is 13.9. The summed E-state index contributed by atoms with van der Waals surface area (Å²) in [5.41, 5.74) is 1.34. The van der Waals surface area contributed by atoms with Crippen molar-refractivity contribution >= 4 is 11.7 Å².